The summed E-state index contributed by atoms with van der Waals surface area (Å²) < 4.78 is 11.6. The molecule has 0 N–H and O–H groups in total. The Balaban J connectivity index is 4.81. The average Bonchev–Trinajstić information content (AvgIpc) is 2.44. The highest BCUT2D eigenvalue weighted by Crippen LogP contribution is 2.09. The van der Waals surface area contributed by atoms with Crippen LogP contribution in [0.5, 0.6) is 0 Å². The molecule has 0 aromatic carbocycles. The third-order valence-corrected chi connectivity index (χ3v) is 5.78. The van der Waals surface area contributed by atoms with Crippen molar-refractivity contribution in [2.24, 2.45) is 0 Å². The lowest BCUT2D eigenvalue weighted by atomic mass is 10.4. The summed E-state index contributed by atoms with van der Waals surface area (Å²) in [5, 5.41) is 0. The van der Waals surface area contributed by atoms with E-state index in [1.165, 1.54) is 0 Å². The van der Waals surface area contributed by atoms with Gasteiger partial charge in [0.2, 0.25) is 0 Å². The van der Waals surface area contributed by atoms with E-state index in [-0.39, 0.29) is 11.9 Å². The van der Waals surface area contributed by atoms with Crippen LogP contribution in [0, 0.1) is 0 Å². The van der Waals surface area contributed by atoms with Crippen LogP contribution in [-0.2, 0) is 18.4 Å². The molecule has 0 unspecified atom stereocenters. The number of carbonyl (C=O) groups excluding carboxylic acids is 2. The van der Waals surface area contributed by atoms with Gasteiger partial charge < -0.3 is 13.3 Å². The number of hydrogen-bond acceptors (Lipinski definition) is 4. The molecule has 0 aliphatic carbocycles. The Morgan fingerprint density at radius 3 is 1.47 bits per heavy atom. The van der Waals surface area contributed by atoms with Crippen molar-refractivity contribution in [3.63, 3.8) is 0 Å². The van der Waals surface area contributed by atoms with Gasteiger partial charge in [0.25, 0.3) is 11.9 Å². The van der Waals surface area contributed by atoms with Crippen LogP contribution in [-0.4, -0.2) is 51.5 Å². The van der Waals surface area contributed by atoms with Crippen LogP contribution >= 0.6 is 0 Å². The van der Waals surface area contributed by atoms with Crippen LogP contribution in [0.2, 0.25) is 0 Å². The van der Waals surface area contributed by atoms with E-state index in [0.29, 0.717) is 19.0 Å². The van der Waals surface area contributed by atoms with Gasteiger partial charge in [0, 0.05) is 12.8 Å². The first-order valence-corrected chi connectivity index (χ1v) is 8.96. The summed E-state index contributed by atoms with van der Waals surface area (Å²) in [6.07, 6.45) is 1.29. The van der Waals surface area contributed by atoms with Gasteiger partial charge in [-0.25, -0.2) is 0 Å². The number of hydrogen-bond donors (Lipinski definition) is 0. The van der Waals surface area contributed by atoms with Crippen LogP contribution in [0.4, 0.5) is 0 Å². The Labute approximate surface area is 118 Å². The zero-order valence-corrected chi connectivity index (χ0v) is 14.1. The van der Waals surface area contributed by atoms with Gasteiger partial charge in [-0.1, -0.05) is 13.8 Å². The Morgan fingerprint density at radius 2 is 1.21 bits per heavy atom. The fourth-order valence-electron chi connectivity index (χ4n) is 1.93. The zero-order chi connectivity index (χ0) is 14.9. The molecular formula is C13H28NO4Si+. The molecule has 0 amide bonds. The topological polar surface area (TPSA) is 52.6 Å². The Morgan fingerprint density at radius 1 is 0.842 bits per heavy atom. The second-order valence-electron chi connectivity index (χ2n) is 4.59. The molecule has 0 heterocycles. The number of quaternary nitrogens is 1. The first kappa shape index (κ1) is 18.1. The normalized spacial score (nSPS) is 11.5. The van der Waals surface area contributed by atoms with E-state index in [1.54, 1.807) is 13.8 Å². The smallest absolute Gasteiger partial charge is 0.484 e. The van der Waals surface area contributed by atoms with E-state index in [9.17, 15) is 9.59 Å². The van der Waals surface area contributed by atoms with Crippen LogP contribution < -0.4 is 0 Å². The van der Waals surface area contributed by atoms with Gasteiger partial charge in [-0.2, -0.15) is 0 Å². The fourth-order valence-corrected chi connectivity index (χ4v) is 4.46. The fraction of sp³-hybridized carbons (Fsp3) is 0.846. The van der Waals surface area contributed by atoms with Crippen molar-refractivity contribution in [1.29, 1.82) is 0 Å². The van der Waals surface area contributed by atoms with Gasteiger partial charge in [-0.15, -0.1) is 0 Å². The summed E-state index contributed by atoms with van der Waals surface area (Å²) in [7, 11) is -2.29. The Hall–Kier alpha value is -0.883. The van der Waals surface area contributed by atoms with E-state index >= 15 is 0 Å². The van der Waals surface area contributed by atoms with Crippen LogP contribution in [0.15, 0.2) is 0 Å². The molecule has 0 bridgehead atoms. The third-order valence-electron chi connectivity index (χ3n) is 3.65. The molecule has 0 atom stereocenters. The van der Waals surface area contributed by atoms with Crippen LogP contribution in [0.25, 0.3) is 0 Å². The lowest BCUT2D eigenvalue weighted by molar-refractivity contribution is -0.914. The SMILES string of the molecule is CCC(=O)O[SiH](C[N+](CC)(CC)CC)OC(=O)CC. The molecule has 0 radical (unpaired) electrons. The number of rotatable bonds is 9. The molecule has 6 heteroatoms. The van der Waals surface area contributed by atoms with Gasteiger partial charge in [-0.05, 0) is 20.8 Å². The van der Waals surface area contributed by atoms with Gasteiger partial charge in [0.1, 0.15) is 6.17 Å². The van der Waals surface area contributed by atoms with Crippen molar-refractivity contribution in [3.8, 4) is 0 Å². The van der Waals surface area contributed by atoms with Crippen molar-refractivity contribution in [1.82, 2.24) is 0 Å². The van der Waals surface area contributed by atoms with Gasteiger partial charge in [0.05, 0.1) is 19.6 Å². The van der Waals surface area contributed by atoms with E-state index in [2.05, 4.69) is 20.8 Å². The molecule has 0 aromatic rings. The number of carbonyl (C=O) groups is 2. The zero-order valence-electron chi connectivity index (χ0n) is 12.9. The summed E-state index contributed by atoms with van der Waals surface area (Å²) in [5.41, 5.74) is 0. The highest BCUT2D eigenvalue weighted by Gasteiger charge is 2.34. The minimum atomic E-state index is -2.29. The minimum absolute atomic E-state index is 0.276. The van der Waals surface area contributed by atoms with Crippen molar-refractivity contribution < 1.29 is 22.9 Å². The maximum atomic E-state index is 11.5. The molecule has 0 fully saturated rings. The predicted octanol–water partition coefficient (Wildman–Crippen LogP) is 1.53. The second kappa shape index (κ2) is 9.09. The molecule has 0 saturated heterocycles. The third kappa shape index (κ3) is 6.20. The molecular weight excluding hydrogens is 262 g/mol. The van der Waals surface area contributed by atoms with E-state index < -0.39 is 9.28 Å². The maximum Gasteiger partial charge on any atom is 0.505 e. The average molecular weight is 290 g/mol. The lowest BCUT2D eigenvalue weighted by Gasteiger charge is -2.36. The second-order valence-corrected chi connectivity index (χ2v) is 6.28. The Bertz CT molecular complexity index is 266. The van der Waals surface area contributed by atoms with Crippen molar-refractivity contribution in [3.05, 3.63) is 0 Å². The predicted molar refractivity (Wildman–Crippen MR) is 76.7 cm³/mol. The van der Waals surface area contributed by atoms with Gasteiger partial charge in [-0.3, -0.25) is 9.59 Å². The summed E-state index contributed by atoms with van der Waals surface area (Å²) in [6, 6.07) is 0. The molecule has 0 saturated carbocycles. The Kier molecular flexibility index (Phi) is 8.67. The quantitative estimate of drug-likeness (QED) is 0.477. The summed E-state index contributed by atoms with van der Waals surface area (Å²) in [5.74, 6) is -0.552. The van der Waals surface area contributed by atoms with Crippen molar-refractivity contribution in [2.45, 2.75) is 47.5 Å². The highest BCUT2D eigenvalue weighted by atomic mass is 28.3. The standard InChI is InChI=1S/C13H28NO4Si/c1-6-12(15)17-19(18-13(16)7-2)11-14(8-3,9-4)10-5/h19H,6-11H2,1-5H3/q+1. The van der Waals surface area contributed by atoms with Crippen LogP contribution in [0.3, 0.4) is 0 Å². The molecule has 0 rings (SSSR count). The number of nitrogens with zero attached hydrogens (tertiary/aromatic N) is 1. The first-order chi connectivity index (χ1) is 8.96. The molecule has 0 aromatic heterocycles. The van der Waals surface area contributed by atoms with E-state index in [0.717, 1.165) is 24.1 Å². The molecule has 5 nitrogen and oxygen atoms in total. The largest absolute Gasteiger partial charge is 0.505 e. The maximum absolute atomic E-state index is 11.5. The summed E-state index contributed by atoms with van der Waals surface area (Å²) in [4.78, 5) is 22.9. The molecule has 112 valence electrons. The van der Waals surface area contributed by atoms with E-state index in [1.807, 2.05) is 0 Å². The van der Waals surface area contributed by atoms with Crippen molar-refractivity contribution in [2.75, 3.05) is 25.8 Å². The molecule has 0 aliphatic rings. The van der Waals surface area contributed by atoms with Crippen LogP contribution in [0.1, 0.15) is 47.5 Å². The van der Waals surface area contributed by atoms with Gasteiger partial charge in [0.15, 0.2) is 0 Å². The summed E-state index contributed by atoms with van der Waals surface area (Å²) in [6.45, 7) is 12.7. The van der Waals surface area contributed by atoms with Gasteiger partial charge >= 0.3 is 9.28 Å². The van der Waals surface area contributed by atoms with E-state index in [4.69, 9.17) is 8.85 Å². The molecule has 0 aliphatic heterocycles. The summed E-state index contributed by atoms with van der Waals surface area (Å²) >= 11 is 0. The highest BCUT2D eigenvalue weighted by molar-refractivity contribution is 6.48. The molecule has 0 spiro atoms. The minimum Gasteiger partial charge on any atom is -0.484 e. The first-order valence-electron chi connectivity index (χ1n) is 7.20. The monoisotopic (exact) mass is 290 g/mol. The van der Waals surface area contributed by atoms with Crippen molar-refractivity contribution >= 4 is 21.2 Å². The molecule has 19 heavy (non-hydrogen) atoms. The lowest BCUT2D eigenvalue weighted by Crippen LogP contribution is -2.55.